The van der Waals surface area contributed by atoms with Gasteiger partial charge in [0.25, 0.3) is 11.8 Å². The highest BCUT2D eigenvalue weighted by molar-refractivity contribution is 14.1. The average Bonchev–Trinajstić information content (AvgIpc) is 3.32. The minimum Gasteiger partial charge on any atom is -0.442 e. The van der Waals surface area contributed by atoms with Crippen LogP contribution in [0, 0.1) is 2.88 Å². The van der Waals surface area contributed by atoms with Crippen LogP contribution in [0.1, 0.15) is 9.67 Å². The number of anilines is 2. The number of cyclic esters (lactones) is 1. The summed E-state index contributed by atoms with van der Waals surface area (Å²) in [5, 5.41) is 2.81. The predicted molar refractivity (Wildman–Crippen MR) is 117 cm³/mol. The Labute approximate surface area is 184 Å². The number of nitrogens with one attached hydrogen (secondary N) is 1. The lowest BCUT2D eigenvalue weighted by Crippen LogP contribution is -2.41. The smallest absolute Gasteiger partial charge is 0.414 e. The maximum Gasteiger partial charge on any atom is 0.414 e. The van der Waals surface area contributed by atoms with E-state index in [1.54, 1.807) is 35.2 Å². The zero-order valence-electron chi connectivity index (χ0n) is 15.3. The van der Waals surface area contributed by atoms with E-state index in [1.165, 1.54) is 16.2 Å². The van der Waals surface area contributed by atoms with Gasteiger partial charge in [-0.3, -0.25) is 14.5 Å². The minimum absolute atomic E-state index is 0.0816. The molecule has 0 bridgehead atoms. The van der Waals surface area contributed by atoms with Crippen molar-refractivity contribution in [2.45, 2.75) is 6.10 Å². The molecule has 10 heteroatoms. The topological polar surface area (TPSA) is 88.2 Å². The van der Waals surface area contributed by atoms with E-state index in [9.17, 15) is 14.4 Å². The number of nitrogens with zero attached hydrogens (tertiary/aromatic N) is 2. The fourth-order valence-corrected chi connectivity index (χ4v) is 4.71. The fourth-order valence-electron chi connectivity index (χ4n) is 3.17. The van der Waals surface area contributed by atoms with Crippen molar-refractivity contribution in [2.75, 3.05) is 42.6 Å². The Hall–Kier alpha value is -2.18. The van der Waals surface area contributed by atoms with Gasteiger partial charge in [0, 0.05) is 17.9 Å². The second kappa shape index (κ2) is 8.67. The SMILES string of the molecule is O=C(NCC1CN(c2ccc(N3CCOCC3=O)cc2)C(=O)O1)c1ccc(I)s1. The maximum atomic E-state index is 12.3. The van der Waals surface area contributed by atoms with Gasteiger partial charge in [0.05, 0.1) is 27.5 Å². The molecule has 0 saturated carbocycles. The Morgan fingerprint density at radius 1 is 1.14 bits per heavy atom. The second-order valence-electron chi connectivity index (χ2n) is 6.54. The Morgan fingerprint density at radius 2 is 1.86 bits per heavy atom. The normalized spacial score (nSPS) is 19.4. The van der Waals surface area contributed by atoms with Crippen molar-refractivity contribution < 1.29 is 23.9 Å². The van der Waals surface area contributed by atoms with E-state index in [1.807, 2.05) is 6.07 Å². The number of thiophene rings is 1. The molecule has 0 spiro atoms. The third-order valence-corrected chi connectivity index (χ3v) is 6.51. The van der Waals surface area contributed by atoms with Crippen molar-refractivity contribution in [3.63, 3.8) is 0 Å². The van der Waals surface area contributed by atoms with Gasteiger partial charge in [0.15, 0.2) is 0 Å². The second-order valence-corrected chi connectivity index (χ2v) is 9.52. The molecule has 3 amide bonds. The summed E-state index contributed by atoms with van der Waals surface area (Å²) in [6.07, 6.45) is -0.879. The molecule has 152 valence electrons. The molecule has 2 saturated heterocycles. The summed E-state index contributed by atoms with van der Waals surface area (Å²) in [6.45, 7) is 1.68. The van der Waals surface area contributed by atoms with Gasteiger partial charge in [0.1, 0.15) is 12.7 Å². The van der Waals surface area contributed by atoms with Crippen molar-refractivity contribution in [3.8, 4) is 0 Å². The van der Waals surface area contributed by atoms with Crippen LogP contribution in [0.3, 0.4) is 0 Å². The van der Waals surface area contributed by atoms with E-state index in [0.717, 1.165) is 8.57 Å². The zero-order valence-corrected chi connectivity index (χ0v) is 18.3. The summed E-state index contributed by atoms with van der Waals surface area (Å²) in [6, 6.07) is 10.8. The third-order valence-electron chi connectivity index (χ3n) is 4.62. The van der Waals surface area contributed by atoms with E-state index in [2.05, 4.69) is 27.9 Å². The van der Waals surface area contributed by atoms with Gasteiger partial charge in [-0.1, -0.05) is 0 Å². The molecule has 2 fully saturated rings. The lowest BCUT2D eigenvalue weighted by Gasteiger charge is -2.27. The number of morpholine rings is 1. The van der Waals surface area contributed by atoms with Gasteiger partial charge in [-0.05, 0) is 59.0 Å². The number of hydrogen-bond acceptors (Lipinski definition) is 6. The Morgan fingerprint density at radius 3 is 2.52 bits per heavy atom. The number of amides is 3. The molecular weight excluding hydrogens is 509 g/mol. The summed E-state index contributed by atoms with van der Waals surface area (Å²) in [7, 11) is 0. The molecule has 2 aliphatic heterocycles. The molecule has 29 heavy (non-hydrogen) atoms. The average molecular weight is 527 g/mol. The predicted octanol–water partition coefficient (Wildman–Crippen LogP) is 2.47. The van der Waals surface area contributed by atoms with Crippen molar-refractivity contribution in [1.82, 2.24) is 5.32 Å². The van der Waals surface area contributed by atoms with Gasteiger partial charge in [-0.2, -0.15) is 0 Å². The van der Waals surface area contributed by atoms with Gasteiger partial charge in [0.2, 0.25) is 0 Å². The Kier molecular flexibility index (Phi) is 6.01. The lowest BCUT2D eigenvalue weighted by atomic mass is 10.2. The highest BCUT2D eigenvalue weighted by atomic mass is 127. The maximum absolute atomic E-state index is 12.3. The van der Waals surface area contributed by atoms with Gasteiger partial charge in [-0.15, -0.1) is 11.3 Å². The Balaban J connectivity index is 1.35. The molecule has 1 N–H and O–H groups in total. The van der Waals surface area contributed by atoms with Crippen molar-refractivity contribution >= 4 is 63.2 Å². The van der Waals surface area contributed by atoms with Crippen LogP contribution in [0.5, 0.6) is 0 Å². The number of carbonyl (C=O) groups is 3. The lowest BCUT2D eigenvalue weighted by molar-refractivity contribution is -0.125. The molecule has 1 atom stereocenters. The van der Waals surface area contributed by atoms with E-state index in [-0.39, 0.29) is 25.0 Å². The Bertz CT molecular complexity index is 932. The van der Waals surface area contributed by atoms with E-state index in [4.69, 9.17) is 9.47 Å². The minimum atomic E-state index is -0.454. The first-order valence-corrected chi connectivity index (χ1v) is 10.9. The monoisotopic (exact) mass is 527 g/mol. The van der Waals surface area contributed by atoms with Crippen LogP contribution < -0.4 is 15.1 Å². The molecule has 2 aliphatic rings. The summed E-state index contributed by atoms with van der Waals surface area (Å²) >= 11 is 3.57. The largest absolute Gasteiger partial charge is 0.442 e. The fraction of sp³-hybridized carbons (Fsp3) is 0.316. The van der Waals surface area contributed by atoms with Crippen LogP contribution in [0.15, 0.2) is 36.4 Å². The van der Waals surface area contributed by atoms with Crippen LogP contribution in [0.4, 0.5) is 16.2 Å². The summed E-state index contributed by atoms with van der Waals surface area (Å²) < 4.78 is 11.6. The third kappa shape index (κ3) is 4.54. The zero-order chi connectivity index (χ0) is 20.4. The molecule has 3 heterocycles. The molecule has 8 nitrogen and oxygen atoms in total. The highest BCUT2D eigenvalue weighted by Gasteiger charge is 2.33. The van der Waals surface area contributed by atoms with Gasteiger partial charge in [-0.25, -0.2) is 4.79 Å². The number of halogens is 1. The first kappa shape index (κ1) is 20.1. The summed E-state index contributed by atoms with van der Waals surface area (Å²) in [5.41, 5.74) is 1.45. The molecule has 0 aliphatic carbocycles. The highest BCUT2D eigenvalue weighted by Crippen LogP contribution is 2.25. The first-order chi connectivity index (χ1) is 14.0. The van der Waals surface area contributed by atoms with Gasteiger partial charge < -0.3 is 19.7 Å². The molecule has 1 aromatic carbocycles. The summed E-state index contributed by atoms with van der Waals surface area (Å²) in [5.74, 6) is -0.257. The first-order valence-electron chi connectivity index (χ1n) is 9.01. The molecule has 0 radical (unpaired) electrons. The molecule has 4 rings (SSSR count). The van der Waals surface area contributed by atoms with Crippen LogP contribution in [0.2, 0.25) is 0 Å². The summed E-state index contributed by atoms with van der Waals surface area (Å²) in [4.78, 5) is 40.2. The molecule has 1 unspecified atom stereocenters. The van der Waals surface area contributed by atoms with E-state index >= 15 is 0 Å². The molecule has 2 aromatic rings. The number of carbonyl (C=O) groups excluding carboxylic acids is 3. The van der Waals surface area contributed by atoms with Crippen LogP contribution in [0.25, 0.3) is 0 Å². The number of ether oxygens (including phenoxy) is 2. The number of benzene rings is 1. The van der Waals surface area contributed by atoms with Crippen molar-refractivity contribution in [2.24, 2.45) is 0 Å². The van der Waals surface area contributed by atoms with Crippen LogP contribution in [-0.4, -0.2) is 56.9 Å². The number of hydrogen-bond donors (Lipinski definition) is 1. The van der Waals surface area contributed by atoms with Crippen LogP contribution in [-0.2, 0) is 14.3 Å². The quantitative estimate of drug-likeness (QED) is 0.604. The molecule has 1 aromatic heterocycles. The van der Waals surface area contributed by atoms with Crippen molar-refractivity contribution in [1.29, 1.82) is 0 Å². The van der Waals surface area contributed by atoms with Crippen molar-refractivity contribution in [3.05, 3.63) is 44.2 Å². The van der Waals surface area contributed by atoms with E-state index < -0.39 is 12.2 Å². The number of rotatable bonds is 5. The van der Waals surface area contributed by atoms with Crippen LogP contribution >= 0.6 is 33.9 Å². The molecular formula is C19H18IN3O5S. The standard InChI is InChI=1S/C19H18IN3O5S/c20-16-6-5-15(29-16)18(25)21-9-14-10-23(19(26)28-14)13-3-1-12(2-4-13)22-7-8-27-11-17(22)24/h1-6,14H,7-11H2,(H,21,25). The van der Waals surface area contributed by atoms with E-state index in [0.29, 0.717) is 30.3 Å². The van der Waals surface area contributed by atoms with Gasteiger partial charge >= 0.3 is 6.09 Å².